The molecular formula is C16H13N3O4. The fourth-order valence-corrected chi connectivity index (χ4v) is 2.86. The van der Waals surface area contributed by atoms with Gasteiger partial charge in [0.25, 0.3) is 0 Å². The van der Waals surface area contributed by atoms with Gasteiger partial charge in [0.2, 0.25) is 5.95 Å². The number of fused-ring (bicyclic) bond motifs is 2. The van der Waals surface area contributed by atoms with E-state index in [1.807, 2.05) is 12.1 Å². The molecular weight excluding hydrogens is 298 g/mol. The molecule has 0 saturated heterocycles. The first-order chi connectivity index (χ1) is 11.0. The molecule has 7 nitrogen and oxygen atoms in total. The van der Waals surface area contributed by atoms with Gasteiger partial charge in [0.15, 0.2) is 5.43 Å². The SMILES string of the molecule is Cc1c(C(=O)O)n(-c2nc3cc4c(cc3[nH]2)CCO4)ccc1=O. The Morgan fingerprint density at radius 3 is 3.04 bits per heavy atom. The van der Waals surface area contributed by atoms with E-state index in [0.29, 0.717) is 18.1 Å². The first-order valence-electron chi connectivity index (χ1n) is 7.16. The second-order valence-corrected chi connectivity index (χ2v) is 5.46. The molecule has 23 heavy (non-hydrogen) atoms. The largest absolute Gasteiger partial charge is 0.493 e. The molecule has 0 atom stereocenters. The Hall–Kier alpha value is -3.09. The van der Waals surface area contributed by atoms with Crippen LogP contribution in [0.2, 0.25) is 0 Å². The third-order valence-electron chi connectivity index (χ3n) is 4.05. The van der Waals surface area contributed by atoms with Crippen LogP contribution < -0.4 is 10.2 Å². The van der Waals surface area contributed by atoms with Crippen LogP contribution in [-0.2, 0) is 6.42 Å². The summed E-state index contributed by atoms with van der Waals surface area (Å²) < 4.78 is 6.90. The zero-order valence-corrected chi connectivity index (χ0v) is 12.3. The van der Waals surface area contributed by atoms with Crippen molar-refractivity contribution in [2.75, 3.05) is 6.61 Å². The average molecular weight is 311 g/mol. The number of rotatable bonds is 2. The van der Waals surface area contributed by atoms with Crippen LogP contribution >= 0.6 is 0 Å². The number of pyridine rings is 1. The van der Waals surface area contributed by atoms with E-state index in [-0.39, 0.29) is 16.7 Å². The molecule has 0 bridgehead atoms. The summed E-state index contributed by atoms with van der Waals surface area (Å²) in [5.74, 6) is -0.0132. The van der Waals surface area contributed by atoms with Crippen LogP contribution in [0.4, 0.5) is 0 Å². The minimum absolute atomic E-state index is 0.0969. The molecule has 3 heterocycles. The number of benzene rings is 1. The van der Waals surface area contributed by atoms with E-state index in [4.69, 9.17) is 4.74 Å². The summed E-state index contributed by atoms with van der Waals surface area (Å²) in [7, 11) is 0. The van der Waals surface area contributed by atoms with Gasteiger partial charge in [0.05, 0.1) is 17.6 Å². The van der Waals surface area contributed by atoms with Crippen molar-refractivity contribution in [2.45, 2.75) is 13.3 Å². The number of nitrogens with zero attached hydrogens (tertiary/aromatic N) is 2. The van der Waals surface area contributed by atoms with Crippen LogP contribution in [0.1, 0.15) is 21.6 Å². The van der Waals surface area contributed by atoms with E-state index < -0.39 is 5.97 Å². The highest BCUT2D eigenvalue weighted by atomic mass is 16.5. The van der Waals surface area contributed by atoms with Gasteiger partial charge in [-0.15, -0.1) is 0 Å². The zero-order valence-electron chi connectivity index (χ0n) is 12.3. The smallest absolute Gasteiger partial charge is 0.353 e. The predicted octanol–water partition coefficient (Wildman–Crippen LogP) is 1.66. The molecule has 4 rings (SSSR count). The number of aromatic nitrogens is 3. The van der Waals surface area contributed by atoms with Crippen molar-refractivity contribution in [3.05, 3.63) is 51.4 Å². The van der Waals surface area contributed by atoms with Crippen molar-refractivity contribution in [1.29, 1.82) is 0 Å². The van der Waals surface area contributed by atoms with Crippen molar-refractivity contribution in [3.8, 4) is 11.7 Å². The molecule has 0 spiro atoms. The fraction of sp³-hybridized carbons (Fsp3) is 0.188. The average Bonchev–Trinajstić information content (AvgIpc) is 3.12. The maximum absolute atomic E-state index is 11.7. The van der Waals surface area contributed by atoms with Crippen LogP contribution in [-0.4, -0.2) is 32.2 Å². The first kappa shape index (κ1) is 13.6. The topological polar surface area (TPSA) is 97.2 Å². The maximum atomic E-state index is 11.7. The highest BCUT2D eigenvalue weighted by Crippen LogP contribution is 2.30. The van der Waals surface area contributed by atoms with Gasteiger partial charge in [-0.25, -0.2) is 9.78 Å². The lowest BCUT2D eigenvalue weighted by Gasteiger charge is -2.09. The van der Waals surface area contributed by atoms with E-state index >= 15 is 0 Å². The third-order valence-corrected chi connectivity index (χ3v) is 4.05. The van der Waals surface area contributed by atoms with Crippen molar-refractivity contribution >= 4 is 17.0 Å². The number of aromatic amines is 1. The van der Waals surface area contributed by atoms with E-state index in [0.717, 1.165) is 23.3 Å². The second-order valence-electron chi connectivity index (χ2n) is 5.46. The minimum atomic E-state index is -1.17. The van der Waals surface area contributed by atoms with E-state index in [9.17, 15) is 14.7 Å². The van der Waals surface area contributed by atoms with E-state index in [1.54, 1.807) is 0 Å². The number of hydrogen-bond donors (Lipinski definition) is 2. The van der Waals surface area contributed by atoms with Crippen LogP contribution in [0.5, 0.6) is 5.75 Å². The Kier molecular flexibility index (Phi) is 2.77. The number of carboxylic acids is 1. The summed E-state index contributed by atoms with van der Waals surface area (Å²) in [5, 5.41) is 9.42. The number of H-pyrrole nitrogens is 1. The molecule has 0 saturated carbocycles. The van der Waals surface area contributed by atoms with E-state index in [2.05, 4.69) is 9.97 Å². The monoisotopic (exact) mass is 311 g/mol. The molecule has 1 aromatic carbocycles. The van der Waals surface area contributed by atoms with Crippen molar-refractivity contribution in [3.63, 3.8) is 0 Å². The fourth-order valence-electron chi connectivity index (χ4n) is 2.86. The molecule has 3 aromatic rings. The molecule has 1 aliphatic rings. The third kappa shape index (κ3) is 2.01. The first-order valence-corrected chi connectivity index (χ1v) is 7.16. The zero-order chi connectivity index (χ0) is 16.1. The summed E-state index contributed by atoms with van der Waals surface area (Å²) in [6, 6.07) is 5.13. The van der Waals surface area contributed by atoms with Crippen LogP contribution in [0.15, 0.2) is 29.2 Å². The Morgan fingerprint density at radius 2 is 2.26 bits per heavy atom. The maximum Gasteiger partial charge on any atom is 0.353 e. The lowest BCUT2D eigenvalue weighted by atomic mass is 10.1. The van der Waals surface area contributed by atoms with Crippen molar-refractivity contribution in [2.24, 2.45) is 0 Å². The van der Waals surface area contributed by atoms with Gasteiger partial charge in [-0.2, -0.15) is 0 Å². The molecule has 116 valence electrons. The lowest BCUT2D eigenvalue weighted by molar-refractivity contribution is 0.0686. The summed E-state index contributed by atoms with van der Waals surface area (Å²) in [6.45, 7) is 2.16. The highest BCUT2D eigenvalue weighted by molar-refractivity contribution is 5.88. The van der Waals surface area contributed by atoms with Crippen LogP contribution in [0.3, 0.4) is 0 Å². The number of carbonyl (C=O) groups is 1. The minimum Gasteiger partial charge on any atom is -0.493 e. The molecule has 0 radical (unpaired) electrons. The van der Waals surface area contributed by atoms with Gasteiger partial charge >= 0.3 is 5.97 Å². The number of imidazole rings is 1. The summed E-state index contributed by atoms with van der Waals surface area (Å²) in [4.78, 5) is 30.8. The molecule has 0 fully saturated rings. The second kappa shape index (κ2) is 4.70. The summed E-state index contributed by atoms with van der Waals surface area (Å²) >= 11 is 0. The summed E-state index contributed by atoms with van der Waals surface area (Å²) in [5.41, 5.74) is 2.35. The number of nitrogens with one attached hydrogen (secondary N) is 1. The molecule has 0 aliphatic carbocycles. The number of ether oxygens (including phenoxy) is 1. The van der Waals surface area contributed by atoms with E-state index in [1.165, 1.54) is 23.8 Å². The van der Waals surface area contributed by atoms with Gasteiger partial charge in [-0.05, 0) is 18.6 Å². The Bertz CT molecular complexity index is 975. The molecule has 2 N–H and O–H groups in total. The predicted molar refractivity (Wildman–Crippen MR) is 82.6 cm³/mol. The normalized spacial score (nSPS) is 13.1. The quantitative estimate of drug-likeness (QED) is 0.750. The molecule has 2 aromatic heterocycles. The molecule has 0 unspecified atom stereocenters. The summed E-state index contributed by atoms with van der Waals surface area (Å²) in [6.07, 6.45) is 2.26. The van der Waals surface area contributed by atoms with Gasteiger partial charge in [0, 0.05) is 30.3 Å². The standard InChI is InChI=1S/C16H13N3O4/c1-8-12(20)2-4-19(14(8)15(21)22)16-17-10-6-9-3-5-23-13(9)7-11(10)18-16/h2,4,6-7H,3,5H2,1H3,(H,17,18)(H,21,22). The number of carboxylic acid groups (broad SMARTS) is 1. The molecule has 0 amide bonds. The Balaban J connectivity index is 1.95. The van der Waals surface area contributed by atoms with Crippen molar-refractivity contribution < 1.29 is 14.6 Å². The number of aromatic carboxylic acids is 1. The Labute approximate surface area is 130 Å². The molecule has 7 heteroatoms. The van der Waals surface area contributed by atoms with Gasteiger partial charge in [-0.1, -0.05) is 0 Å². The van der Waals surface area contributed by atoms with Crippen LogP contribution in [0.25, 0.3) is 17.0 Å². The highest BCUT2D eigenvalue weighted by Gasteiger charge is 2.19. The van der Waals surface area contributed by atoms with Gasteiger partial charge in [0.1, 0.15) is 11.4 Å². The molecule has 1 aliphatic heterocycles. The van der Waals surface area contributed by atoms with Crippen molar-refractivity contribution in [1.82, 2.24) is 14.5 Å². The lowest BCUT2D eigenvalue weighted by Crippen LogP contribution is -2.19. The van der Waals surface area contributed by atoms with Gasteiger partial charge in [-0.3, -0.25) is 9.36 Å². The Morgan fingerprint density at radius 1 is 1.43 bits per heavy atom. The van der Waals surface area contributed by atoms with Crippen LogP contribution in [0, 0.1) is 6.92 Å². The van der Waals surface area contributed by atoms with Gasteiger partial charge < -0.3 is 14.8 Å². The number of hydrogen-bond acceptors (Lipinski definition) is 4.